The number of fused-ring (bicyclic) bond motifs is 1. The molecule has 140 valence electrons. The SMILES string of the molecule is Cc1ccc2c(c1)cc(C(=O)NC(C)C(=O)NC(C(=O)O)C(C)C)n2C. The third-order valence-corrected chi connectivity index (χ3v) is 4.40. The Hall–Kier alpha value is -2.83. The molecule has 2 atom stereocenters. The molecule has 26 heavy (non-hydrogen) atoms. The van der Waals surface area contributed by atoms with Gasteiger partial charge in [0.15, 0.2) is 0 Å². The number of carboxylic acid groups (broad SMARTS) is 1. The molecule has 2 unspecified atom stereocenters. The average molecular weight is 359 g/mol. The summed E-state index contributed by atoms with van der Waals surface area (Å²) in [6, 6.07) is 5.82. The predicted molar refractivity (Wildman–Crippen MR) is 99.0 cm³/mol. The summed E-state index contributed by atoms with van der Waals surface area (Å²) in [5.41, 5.74) is 2.45. The minimum atomic E-state index is -1.10. The Labute approximate surface area is 152 Å². The zero-order valence-electron chi connectivity index (χ0n) is 15.7. The van der Waals surface area contributed by atoms with Crippen molar-refractivity contribution >= 4 is 28.7 Å². The van der Waals surface area contributed by atoms with E-state index in [0.717, 1.165) is 16.5 Å². The number of carbonyl (C=O) groups is 3. The topological polar surface area (TPSA) is 100 Å². The van der Waals surface area contributed by atoms with Crippen LogP contribution in [0.2, 0.25) is 0 Å². The van der Waals surface area contributed by atoms with Gasteiger partial charge in [0.25, 0.3) is 5.91 Å². The largest absolute Gasteiger partial charge is 0.480 e. The Morgan fingerprint density at radius 3 is 2.31 bits per heavy atom. The van der Waals surface area contributed by atoms with Crippen LogP contribution >= 0.6 is 0 Å². The van der Waals surface area contributed by atoms with Gasteiger partial charge in [0.1, 0.15) is 17.8 Å². The van der Waals surface area contributed by atoms with Gasteiger partial charge >= 0.3 is 5.97 Å². The maximum absolute atomic E-state index is 12.6. The third-order valence-electron chi connectivity index (χ3n) is 4.40. The van der Waals surface area contributed by atoms with Crippen molar-refractivity contribution < 1.29 is 19.5 Å². The molecule has 0 aliphatic heterocycles. The maximum Gasteiger partial charge on any atom is 0.326 e. The minimum Gasteiger partial charge on any atom is -0.480 e. The number of carbonyl (C=O) groups excluding carboxylic acids is 2. The van der Waals surface area contributed by atoms with Crippen molar-refractivity contribution in [1.29, 1.82) is 0 Å². The molecular formula is C19H25N3O4. The first-order chi connectivity index (χ1) is 12.1. The van der Waals surface area contributed by atoms with Crippen LogP contribution in [0.1, 0.15) is 36.8 Å². The minimum absolute atomic E-state index is 0.263. The van der Waals surface area contributed by atoms with Crippen molar-refractivity contribution in [2.24, 2.45) is 13.0 Å². The van der Waals surface area contributed by atoms with E-state index in [-0.39, 0.29) is 11.8 Å². The molecule has 0 fully saturated rings. The normalized spacial score (nSPS) is 13.5. The molecule has 1 aromatic carbocycles. The lowest BCUT2D eigenvalue weighted by Crippen LogP contribution is -2.52. The number of hydrogen-bond donors (Lipinski definition) is 3. The summed E-state index contributed by atoms with van der Waals surface area (Å²) in [6.45, 7) is 6.92. The highest BCUT2D eigenvalue weighted by Gasteiger charge is 2.27. The fourth-order valence-electron chi connectivity index (χ4n) is 2.81. The second-order valence-electron chi connectivity index (χ2n) is 6.91. The quantitative estimate of drug-likeness (QED) is 0.732. The van der Waals surface area contributed by atoms with Crippen LogP contribution in [0, 0.1) is 12.8 Å². The van der Waals surface area contributed by atoms with Gasteiger partial charge in [0, 0.05) is 18.0 Å². The van der Waals surface area contributed by atoms with Crippen LogP contribution in [0.5, 0.6) is 0 Å². The van der Waals surface area contributed by atoms with Gasteiger partial charge in [-0.3, -0.25) is 9.59 Å². The van der Waals surface area contributed by atoms with E-state index >= 15 is 0 Å². The van der Waals surface area contributed by atoms with E-state index in [9.17, 15) is 14.4 Å². The number of benzene rings is 1. The highest BCUT2D eigenvalue weighted by Crippen LogP contribution is 2.20. The summed E-state index contributed by atoms with van der Waals surface area (Å²) in [5, 5.41) is 15.2. The Bertz CT molecular complexity index is 854. The van der Waals surface area contributed by atoms with Gasteiger partial charge in [-0.15, -0.1) is 0 Å². The van der Waals surface area contributed by atoms with Crippen molar-refractivity contribution in [3.8, 4) is 0 Å². The van der Waals surface area contributed by atoms with Crippen LogP contribution in [-0.2, 0) is 16.6 Å². The lowest BCUT2D eigenvalue weighted by Gasteiger charge is -2.21. The molecule has 3 N–H and O–H groups in total. The first-order valence-corrected chi connectivity index (χ1v) is 8.52. The summed E-state index contributed by atoms with van der Waals surface area (Å²) >= 11 is 0. The molecule has 7 nitrogen and oxygen atoms in total. The first-order valence-electron chi connectivity index (χ1n) is 8.52. The molecule has 0 radical (unpaired) electrons. The smallest absolute Gasteiger partial charge is 0.326 e. The summed E-state index contributed by atoms with van der Waals surface area (Å²) in [6.07, 6.45) is 0. The molecule has 7 heteroatoms. The average Bonchev–Trinajstić information content (AvgIpc) is 2.87. The second-order valence-corrected chi connectivity index (χ2v) is 6.91. The molecular weight excluding hydrogens is 334 g/mol. The van der Waals surface area contributed by atoms with Gasteiger partial charge in [-0.2, -0.15) is 0 Å². The van der Waals surface area contributed by atoms with Crippen molar-refractivity contribution in [2.75, 3.05) is 0 Å². The van der Waals surface area contributed by atoms with Crippen LogP contribution in [0.25, 0.3) is 10.9 Å². The Kier molecular flexibility index (Phi) is 5.69. The monoisotopic (exact) mass is 359 g/mol. The fourth-order valence-corrected chi connectivity index (χ4v) is 2.81. The standard InChI is InChI=1S/C19H25N3O4/c1-10(2)16(19(25)26)21-17(23)12(4)20-18(24)15-9-13-8-11(3)6-7-14(13)22(15)5/h6-10,12,16H,1-5H3,(H,20,24)(H,21,23)(H,25,26). The number of nitrogens with one attached hydrogen (secondary N) is 2. The Morgan fingerprint density at radius 2 is 1.73 bits per heavy atom. The molecule has 0 spiro atoms. The van der Waals surface area contributed by atoms with Gasteiger partial charge in [0.05, 0.1) is 0 Å². The van der Waals surface area contributed by atoms with Gasteiger partial charge in [0.2, 0.25) is 5.91 Å². The van der Waals surface area contributed by atoms with E-state index in [4.69, 9.17) is 5.11 Å². The van der Waals surface area contributed by atoms with Crippen LogP contribution in [0.15, 0.2) is 24.3 Å². The van der Waals surface area contributed by atoms with E-state index in [0.29, 0.717) is 5.69 Å². The lowest BCUT2D eigenvalue weighted by atomic mass is 10.0. The molecule has 2 amide bonds. The predicted octanol–water partition coefficient (Wildman–Crippen LogP) is 1.83. The molecule has 0 saturated heterocycles. The number of aryl methyl sites for hydroxylation is 2. The number of hydrogen-bond acceptors (Lipinski definition) is 3. The van der Waals surface area contributed by atoms with E-state index in [1.165, 1.54) is 6.92 Å². The number of aliphatic carboxylic acids is 1. The third kappa shape index (κ3) is 4.04. The van der Waals surface area contributed by atoms with E-state index in [1.54, 1.807) is 31.5 Å². The summed E-state index contributed by atoms with van der Waals surface area (Å²) in [7, 11) is 1.79. The molecule has 1 aromatic heterocycles. The van der Waals surface area contributed by atoms with E-state index in [2.05, 4.69) is 10.6 Å². The Balaban J connectivity index is 2.12. The molecule has 0 aliphatic carbocycles. The summed E-state index contributed by atoms with van der Waals surface area (Å²) < 4.78 is 1.77. The summed E-state index contributed by atoms with van der Waals surface area (Å²) in [5.74, 6) is -2.29. The second kappa shape index (κ2) is 7.59. The zero-order chi connectivity index (χ0) is 19.6. The zero-order valence-corrected chi connectivity index (χ0v) is 15.7. The lowest BCUT2D eigenvalue weighted by molar-refractivity contribution is -0.143. The van der Waals surface area contributed by atoms with Crippen LogP contribution in [0.3, 0.4) is 0 Å². The molecule has 0 bridgehead atoms. The van der Waals surface area contributed by atoms with Crippen LogP contribution in [0.4, 0.5) is 0 Å². The molecule has 0 saturated carbocycles. The maximum atomic E-state index is 12.6. The van der Waals surface area contributed by atoms with Gasteiger partial charge in [-0.25, -0.2) is 4.79 Å². The van der Waals surface area contributed by atoms with Crippen LogP contribution < -0.4 is 10.6 Å². The first kappa shape index (κ1) is 19.5. The van der Waals surface area contributed by atoms with E-state index < -0.39 is 24.0 Å². The number of rotatable bonds is 6. The van der Waals surface area contributed by atoms with E-state index in [1.807, 2.05) is 25.1 Å². The fraction of sp³-hybridized carbons (Fsp3) is 0.421. The molecule has 0 aliphatic rings. The van der Waals surface area contributed by atoms with Crippen molar-refractivity contribution in [1.82, 2.24) is 15.2 Å². The molecule has 2 rings (SSSR count). The van der Waals surface area contributed by atoms with Crippen molar-refractivity contribution in [3.63, 3.8) is 0 Å². The summed E-state index contributed by atoms with van der Waals surface area (Å²) in [4.78, 5) is 36.0. The van der Waals surface area contributed by atoms with Crippen molar-refractivity contribution in [2.45, 2.75) is 39.8 Å². The number of carboxylic acids is 1. The van der Waals surface area contributed by atoms with Gasteiger partial charge in [-0.1, -0.05) is 25.5 Å². The van der Waals surface area contributed by atoms with Gasteiger partial charge in [-0.05, 0) is 38.0 Å². The number of amides is 2. The number of nitrogens with zero attached hydrogens (tertiary/aromatic N) is 1. The molecule has 2 aromatic rings. The molecule has 1 heterocycles. The van der Waals surface area contributed by atoms with Crippen LogP contribution in [-0.4, -0.2) is 39.5 Å². The number of aromatic nitrogens is 1. The highest BCUT2D eigenvalue weighted by molar-refractivity contribution is 6.01. The Morgan fingerprint density at radius 1 is 1.08 bits per heavy atom. The van der Waals surface area contributed by atoms with Gasteiger partial charge < -0.3 is 20.3 Å². The van der Waals surface area contributed by atoms with Crippen molar-refractivity contribution in [3.05, 3.63) is 35.5 Å². The highest BCUT2D eigenvalue weighted by atomic mass is 16.4.